The molecule has 0 radical (unpaired) electrons. The molecule has 0 aliphatic carbocycles. The van der Waals surface area contributed by atoms with Gasteiger partial charge in [-0.1, -0.05) is 17.4 Å². The predicted octanol–water partition coefficient (Wildman–Crippen LogP) is 2.71. The Morgan fingerprint density at radius 1 is 1.35 bits per heavy atom. The quantitative estimate of drug-likeness (QED) is 0.522. The highest BCUT2D eigenvalue weighted by atomic mass is 32.1. The molecule has 0 bridgehead atoms. The van der Waals surface area contributed by atoms with Crippen molar-refractivity contribution in [2.24, 2.45) is 0 Å². The zero-order chi connectivity index (χ0) is 17.1. The van der Waals surface area contributed by atoms with E-state index in [0.29, 0.717) is 11.3 Å². The van der Waals surface area contributed by atoms with E-state index in [9.17, 15) is 19.7 Å². The second-order valence-electron chi connectivity index (χ2n) is 4.64. The number of thiazole rings is 1. The minimum absolute atomic E-state index is 0.134. The number of nitrogens with zero attached hydrogens (tertiary/aromatic N) is 2. The fourth-order valence-electron chi connectivity index (χ4n) is 1.85. The first kappa shape index (κ1) is 16.6. The number of ether oxygens (including phenoxy) is 1. The van der Waals surface area contributed by atoms with Crippen molar-refractivity contribution in [3.63, 3.8) is 0 Å². The lowest BCUT2D eigenvalue weighted by Crippen LogP contribution is -2.12. The second-order valence-corrected chi connectivity index (χ2v) is 5.64. The number of carbonyl (C=O) groups excluding carboxylic acids is 2. The third kappa shape index (κ3) is 3.51. The van der Waals surface area contributed by atoms with Crippen LogP contribution in [0.25, 0.3) is 0 Å². The summed E-state index contributed by atoms with van der Waals surface area (Å²) in [5, 5.41) is 13.7. The number of hydrogen-bond donors (Lipinski definition) is 1. The lowest BCUT2D eigenvalue weighted by molar-refractivity contribution is -0.385. The van der Waals surface area contributed by atoms with Crippen molar-refractivity contribution in [2.45, 2.75) is 13.8 Å². The summed E-state index contributed by atoms with van der Waals surface area (Å²) >= 11 is 0.977. The molecule has 120 valence electrons. The number of nitro benzene ring substituents is 1. The maximum Gasteiger partial charge on any atom is 0.350 e. The van der Waals surface area contributed by atoms with Gasteiger partial charge in [0.05, 0.1) is 17.7 Å². The molecule has 0 unspecified atom stereocenters. The number of carbonyl (C=O) groups is 2. The first-order valence-electron chi connectivity index (χ1n) is 6.45. The fourth-order valence-corrected chi connectivity index (χ4v) is 2.73. The first-order valence-corrected chi connectivity index (χ1v) is 7.27. The van der Waals surface area contributed by atoms with Crippen LogP contribution in [0.3, 0.4) is 0 Å². The molecule has 0 saturated heterocycles. The number of methoxy groups -OCH3 is 1. The Labute approximate surface area is 135 Å². The highest BCUT2D eigenvalue weighted by Gasteiger charge is 2.19. The summed E-state index contributed by atoms with van der Waals surface area (Å²) in [7, 11) is 1.26. The molecule has 0 atom stereocenters. The Kier molecular flexibility index (Phi) is 4.70. The zero-order valence-electron chi connectivity index (χ0n) is 12.6. The molecule has 9 heteroatoms. The largest absolute Gasteiger partial charge is 0.465 e. The molecule has 2 aromatic rings. The summed E-state index contributed by atoms with van der Waals surface area (Å²) in [6.07, 6.45) is 0. The van der Waals surface area contributed by atoms with Crippen molar-refractivity contribution in [2.75, 3.05) is 12.4 Å². The van der Waals surface area contributed by atoms with Crippen LogP contribution in [-0.4, -0.2) is 28.9 Å². The van der Waals surface area contributed by atoms with Gasteiger partial charge < -0.3 is 4.74 Å². The summed E-state index contributed by atoms with van der Waals surface area (Å²) in [4.78, 5) is 38.4. The molecule has 0 spiro atoms. The van der Waals surface area contributed by atoms with Gasteiger partial charge in [0.25, 0.3) is 11.6 Å². The summed E-state index contributed by atoms with van der Waals surface area (Å²) in [5.41, 5.74) is 0.898. The molecule has 0 aliphatic heterocycles. The van der Waals surface area contributed by atoms with Crippen molar-refractivity contribution >= 4 is 34.0 Å². The predicted molar refractivity (Wildman–Crippen MR) is 84.0 cm³/mol. The van der Waals surface area contributed by atoms with Crippen LogP contribution in [0.1, 0.15) is 31.3 Å². The van der Waals surface area contributed by atoms with Crippen LogP contribution in [-0.2, 0) is 4.74 Å². The van der Waals surface area contributed by atoms with Crippen molar-refractivity contribution in [3.8, 4) is 0 Å². The van der Waals surface area contributed by atoms with Crippen molar-refractivity contribution in [1.82, 2.24) is 4.98 Å². The van der Waals surface area contributed by atoms with Gasteiger partial charge in [0.2, 0.25) is 0 Å². The molecule has 1 heterocycles. The molecule has 0 saturated carbocycles. The Hall–Kier alpha value is -2.81. The maximum absolute atomic E-state index is 12.2. The number of amides is 1. The van der Waals surface area contributed by atoms with Crippen molar-refractivity contribution < 1.29 is 19.2 Å². The van der Waals surface area contributed by atoms with Gasteiger partial charge in [-0.25, -0.2) is 9.78 Å². The highest BCUT2D eigenvalue weighted by Crippen LogP contribution is 2.25. The Morgan fingerprint density at radius 2 is 2.04 bits per heavy atom. The summed E-state index contributed by atoms with van der Waals surface area (Å²) in [6, 6.07) is 4.19. The summed E-state index contributed by atoms with van der Waals surface area (Å²) in [5.74, 6) is -1.08. The SMILES string of the molecule is COC(=O)c1sc(NC(=O)c2ccc(C)c([N+](=O)[O-])c2)nc1C. The number of anilines is 1. The maximum atomic E-state index is 12.2. The Balaban J connectivity index is 2.24. The van der Waals surface area contributed by atoms with Crippen LogP contribution in [0, 0.1) is 24.0 Å². The number of nitrogens with one attached hydrogen (secondary N) is 1. The van der Waals surface area contributed by atoms with E-state index in [0.717, 1.165) is 11.3 Å². The lowest BCUT2D eigenvalue weighted by atomic mass is 10.1. The van der Waals surface area contributed by atoms with Crippen LogP contribution in [0.2, 0.25) is 0 Å². The van der Waals surface area contributed by atoms with Gasteiger partial charge in [0.15, 0.2) is 5.13 Å². The summed E-state index contributed by atoms with van der Waals surface area (Å²) in [6.45, 7) is 3.21. The molecule has 0 fully saturated rings. The molecular weight excluding hydrogens is 322 g/mol. The second kappa shape index (κ2) is 6.53. The van der Waals surface area contributed by atoms with Crippen molar-refractivity contribution in [1.29, 1.82) is 0 Å². The number of nitro groups is 1. The van der Waals surface area contributed by atoms with Gasteiger partial charge in [0, 0.05) is 17.2 Å². The van der Waals surface area contributed by atoms with E-state index in [4.69, 9.17) is 0 Å². The van der Waals surface area contributed by atoms with Gasteiger partial charge in [-0.05, 0) is 19.9 Å². The van der Waals surface area contributed by atoms with Crippen LogP contribution in [0.5, 0.6) is 0 Å². The van der Waals surface area contributed by atoms with Gasteiger partial charge in [-0.15, -0.1) is 0 Å². The van der Waals surface area contributed by atoms with E-state index in [-0.39, 0.29) is 21.3 Å². The average Bonchev–Trinajstić information content (AvgIpc) is 2.87. The van der Waals surface area contributed by atoms with Crippen molar-refractivity contribution in [3.05, 3.63) is 50.0 Å². The first-order chi connectivity index (χ1) is 10.8. The average molecular weight is 335 g/mol. The molecule has 0 aliphatic rings. The molecular formula is C14H13N3O5S. The van der Waals surface area contributed by atoms with E-state index >= 15 is 0 Å². The van der Waals surface area contributed by atoms with E-state index in [2.05, 4.69) is 15.0 Å². The van der Waals surface area contributed by atoms with Gasteiger partial charge in [-0.2, -0.15) is 0 Å². The smallest absolute Gasteiger partial charge is 0.350 e. The molecule has 8 nitrogen and oxygen atoms in total. The van der Waals surface area contributed by atoms with E-state index in [1.807, 2.05) is 0 Å². The normalized spacial score (nSPS) is 10.2. The number of aromatic nitrogens is 1. The Bertz CT molecular complexity index is 800. The topological polar surface area (TPSA) is 111 Å². The molecule has 1 aromatic heterocycles. The standard InChI is InChI=1S/C14H13N3O5S/c1-7-4-5-9(6-10(7)17(20)21)12(18)16-14-15-8(2)11(23-14)13(19)22-3/h4-6H,1-3H3,(H,15,16,18). The third-order valence-corrected chi connectivity index (χ3v) is 4.11. The minimum atomic E-state index is -0.547. The Morgan fingerprint density at radius 3 is 2.65 bits per heavy atom. The number of hydrogen-bond acceptors (Lipinski definition) is 7. The number of rotatable bonds is 4. The van der Waals surface area contributed by atoms with E-state index in [1.54, 1.807) is 13.8 Å². The van der Waals surface area contributed by atoms with Crippen LogP contribution in [0.15, 0.2) is 18.2 Å². The third-order valence-electron chi connectivity index (χ3n) is 3.06. The van der Waals surface area contributed by atoms with E-state index < -0.39 is 16.8 Å². The van der Waals surface area contributed by atoms with E-state index in [1.165, 1.54) is 25.3 Å². The molecule has 1 aromatic carbocycles. The molecule has 1 N–H and O–H groups in total. The number of benzene rings is 1. The minimum Gasteiger partial charge on any atom is -0.465 e. The van der Waals surface area contributed by atoms with Crippen LogP contribution in [0.4, 0.5) is 10.8 Å². The van der Waals surface area contributed by atoms with Gasteiger partial charge >= 0.3 is 5.97 Å². The fraction of sp³-hybridized carbons (Fsp3) is 0.214. The van der Waals surface area contributed by atoms with Gasteiger partial charge in [-0.3, -0.25) is 20.2 Å². The van der Waals surface area contributed by atoms with Crippen LogP contribution >= 0.6 is 11.3 Å². The zero-order valence-corrected chi connectivity index (χ0v) is 13.4. The highest BCUT2D eigenvalue weighted by molar-refractivity contribution is 7.17. The number of aryl methyl sites for hydroxylation is 2. The lowest BCUT2D eigenvalue weighted by Gasteiger charge is -2.03. The molecule has 2 rings (SSSR count). The summed E-state index contributed by atoms with van der Waals surface area (Å²) < 4.78 is 4.62. The number of esters is 1. The molecule has 23 heavy (non-hydrogen) atoms. The molecule has 1 amide bonds. The van der Waals surface area contributed by atoms with Gasteiger partial charge in [0.1, 0.15) is 4.88 Å². The monoisotopic (exact) mass is 335 g/mol. The van der Waals surface area contributed by atoms with Crippen LogP contribution < -0.4 is 5.32 Å².